The first-order valence-electron chi connectivity index (χ1n) is 6.49. The standard InChI is InChI=1S/C15H14N4O2/c1-9-7-14(20)17-15(16-9)19-18-10(2)13-8-11-5-3-4-6-12(11)21-13/h3-8H,1-2H3,(H2,16,17,19,20)/b18-10+. The first kappa shape index (κ1) is 13.1. The smallest absolute Gasteiger partial charge is 0.252 e. The fourth-order valence-corrected chi connectivity index (χ4v) is 1.98. The van der Waals surface area contributed by atoms with Gasteiger partial charge in [0, 0.05) is 17.1 Å². The van der Waals surface area contributed by atoms with Crippen LogP contribution in [0.4, 0.5) is 5.95 Å². The van der Waals surface area contributed by atoms with Crippen LogP contribution in [0.5, 0.6) is 0 Å². The molecule has 0 radical (unpaired) electrons. The van der Waals surface area contributed by atoms with Crippen LogP contribution in [0.3, 0.4) is 0 Å². The topological polar surface area (TPSA) is 83.3 Å². The van der Waals surface area contributed by atoms with Crippen molar-refractivity contribution in [1.29, 1.82) is 0 Å². The molecule has 2 N–H and O–H groups in total. The van der Waals surface area contributed by atoms with Gasteiger partial charge in [0.2, 0.25) is 5.95 Å². The highest BCUT2D eigenvalue weighted by Gasteiger charge is 2.06. The Bertz CT molecular complexity index is 844. The zero-order chi connectivity index (χ0) is 14.8. The first-order valence-corrected chi connectivity index (χ1v) is 6.49. The van der Waals surface area contributed by atoms with Gasteiger partial charge >= 0.3 is 0 Å². The van der Waals surface area contributed by atoms with Gasteiger partial charge in [-0.3, -0.25) is 9.78 Å². The lowest BCUT2D eigenvalue weighted by molar-refractivity contribution is 0.604. The number of rotatable bonds is 3. The molecule has 0 bridgehead atoms. The molecule has 0 saturated carbocycles. The summed E-state index contributed by atoms with van der Waals surface area (Å²) in [6.45, 7) is 3.56. The second-order valence-electron chi connectivity index (χ2n) is 4.69. The Kier molecular flexibility index (Phi) is 3.27. The van der Waals surface area contributed by atoms with Crippen molar-refractivity contribution in [2.45, 2.75) is 13.8 Å². The molecule has 0 atom stereocenters. The van der Waals surface area contributed by atoms with Crippen LogP contribution in [0, 0.1) is 6.92 Å². The highest BCUT2D eigenvalue weighted by Crippen LogP contribution is 2.19. The molecule has 0 fully saturated rings. The first-order chi connectivity index (χ1) is 10.1. The summed E-state index contributed by atoms with van der Waals surface area (Å²) in [6.07, 6.45) is 0. The van der Waals surface area contributed by atoms with Crippen molar-refractivity contribution in [3.8, 4) is 0 Å². The number of nitrogens with one attached hydrogen (secondary N) is 2. The number of fused-ring (bicyclic) bond motifs is 1. The van der Waals surface area contributed by atoms with Crippen LogP contribution in [0.2, 0.25) is 0 Å². The Morgan fingerprint density at radius 3 is 2.90 bits per heavy atom. The van der Waals surface area contributed by atoms with Crippen LogP contribution in [0.25, 0.3) is 11.0 Å². The fourth-order valence-electron chi connectivity index (χ4n) is 1.98. The lowest BCUT2D eigenvalue weighted by Gasteiger charge is -2.01. The van der Waals surface area contributed by atoms with Gasteiger partial charge in [0.1, 0.15) is 11.3 Å². The second-order valence-corrected chi connectivity index (χ2v) is 4.69. The molecule has 0 aliphatic heterocycles. The molecule has 2 aromatic heterocycles. The fraction of sp³-hybridized carbons (Fsp3) is 0.133. The summed E-state index contributed by atoms with van der Waals surface area (Å²) in [4.78, 5) is 18.0. The predicted molar refractivity (Wildman–Crippen MR) is 81.6 cm³/mol. The van der Waals surface area contributed by atoms with Crippen molar-refractivity contribution in [3.63, 3.8) is 0 Å². The maximum Gasteiger partial charge on any atom is 0.252 e. The number of hydrogen-bond acceptors (Lipinski definition) is 5. The summed E-state index contributed by atoms with van der Waals surface area (Å²) in [5, 5.41) is 5.20. The number of hydrazone groups is 1. The van der Waals surface area contributed by atoms with E-state index in [4.69, 9.17) is 4.42 Å². The third-order valence-corrected chi connectivity index (χ3v) is 2.98. The molecule has 0 unspecified atom stereocenters. The summed E-state index contributed by atoms with van der Waals surface area (Å²) in [5.74, 6) is 0.967. The second kappa shape index (κ2) is 5.24. The third-order valence-electron chi connectivity index (χ3n) is 2.98. The van der Waals surface area contributed by atoms with E-state index in [-0.39, 0.29) is 5.56 Å². The molecule has 2 heterocycles. The number of aromatic nitrogens is 2. The Morgan fingerprint density at radius 2 is 2.14 bits per heavy atom. The average Bonchev–Trinajstić information content (AvgIpc) is 2.87. The molecule has 1 aromatic carbocycles. The van der Waals surface area contributed by atoms with Crippen molar-refractivity contribution in [2.24, 2.45) is 5.10 Å². The van der Waals surface area contributed by atoms with Crippen molar-refractivity contribution in [3.05, 3.63) is 58.2 Å². The van der Waals surface area contributed by atoms with E-state index < -0.39 is 0 Å². The summed E-state index contributed by atoms with van der Waals surface area (Å²) in [7, 11) is 0. The van der Waals surface area contributed by atoms with E-state index >= 15 is 0 Å². The number of aromatic amines is 1. The van der Waals surface area contributed by atoms with E-state index in [1.54, 1.807) is 6.92 Å². The maximum atomic E-state index is 11.3. The molecule has 6 nitrogen and oxygen atoms in total. The molecule has 0 aliphatic rings. The van der Waals surface area contributed by atoms with Crippen LogP contribution in [-0.4, -0.2) is 15.7 Å². The normalized spacial score (nSPS) is 11.8. The number of para-hydroxylation sites is 1. The minimum atomic E-state index is -0.221. The highest BCUT2D eigenvalue weighted by molar-refractivity contribution is 5.99. The van der Waals surface area contributed by atoms with Gasteiger partial charge < -0.3 is 4.42 Å². The number of H-pyrrole nitrogens is 1. The number of hydrogen-bond donors (Lipinski definition) is 2. The summed E-state index contributed by atoms with van der Waals surface area (Å²) < 4.78 is 5.70. The molecular weight excluding hydrogens is 268 g/mol. The molecule has 21 heavy (non-hydrogen) atoms. The summed E-state index contributed by atoms with van der Waals surface area (Å²) >= 11 is 0. The van der Waals surface area contributed by atoms with Crippen molar-refractivity contribution >= 4 is 22.6 Å². The molecule has 0 spiro atoms. The molecule has 3 aromatic rings. The molecule has 0 saturated heterocycles. The number of furan rings is 1. The molecular formula is C15H14N4O2. The van der Waals surface area contributed by atoms with Gasteiger partial charge in [-0.2, -0.15) is 5.10 Å². The molecule has 0 amide bonds. The van der Waals surface area contributed by atoms with E-state index in [9.17, 15) is 4.79 Å². The van der Waals surface area contributed by atoms with Gasteiger partial charge in [-0.05, 0) is 26.0 Å². The number of benzene rings is 1. The minimum absolute atomic E-state index is 0.221. The van der Waals surface area contributed by atoms with Crippen molar-refractivity contribution in [2.75, 3.05) is 5.43 Å². The van der Waals surface area contributed by atoms with Crippen LogP contribution >= 0.6 is 0 Å². The number of aryl methyl sites for hydroxylation is 1. The van der Waals surface area contributed by atoms with Crippen molar-refractivity contribution < 1.29 is 4.42 Å². The summed E-state index contributed by atoms with van der Waals surface area (Å²) in [6, 6.07) is 11.1. The summed E-state index contributed by atoms with van der Waals surface area (Å²) in [5.41, 5.74) is 4.60. The lowest BCUT2D eigenvalue weighted by atomic mass is 10.2. The Balaban J connectivity index is 1.86. The zero-order valence-electron chi connectivity index (χ0n) is 11.7. The van der Waals surface area contributed by atoms with Gasteiger partial charge in [-0.25, -0.2) is 10.4 Å². The van der Waals surface area contributed by atoms with Gasteiger partial charge in [0.05, 0.1) is 0 Å². The average molecular weight is 282 g/mol. The Hall–Kier alpha value is -2.89. The Morgan fingerprint density at radius 1 is 1.33 bits per heavy atom. The molecule has 3 rings (SSSR count). The largest absolute Gasteiger partial charge is 0.455 e. The molecule has 106 valence electrons. The SMILES string of the molecule is C/C(=N\Nc1nc(C)cc(=O)[nH]1)c1cc2ccccc2o1. The highest BCUT2D eigenvalue weighted by atomic mass is 16.3. The quantitative estimate of drug-likeness (QED) is 0.571. The monoisotopic (exact) mass is 282 g/mol. The van der Waals surface area contributed by atoms with Crippen LogP contribution in [-0.2, 0) is 0 Å². The molecule has 6 heteroatoms. The van der Waals surface area contributed by atoms with E-state index in [0.29, 0.717) is 23.1 Å². The Labute approximate surface area is 120 Å². The predicted octanol–water partition coefficient (Wildman–Crippen LogP) is 2.66. The van der Waals surface area contributed by atoms with E-state index in [1.807, 2.05) is 37.3 Å². The number of anilines is 1. The van der Waals surface area contributed by atoms with Gasteiger partial charge in [0.25, 0.3) is 5.56 Å². The van der Waals surface area contributed by atoms with Crippen LogP contribution in [0.1, 0.15) is 18.4 Å². The van der Waals surface area contributed by atoms with E-state index in [2.05, 4.69) is 20.5 Å². The molecule has 0 aliphatic carbocycles. The van der Waals surface area contributed by atoms with Crippen LogP contribution in [0.15, 0.2) is 50.7 Å². The third kappa shape index (κ3) is 2.84. The van der Waals surface area contributed by atoms with E-state index in [1.165, 1.54) is 6.07 Å². The van der Waals surface area contributed by atoms with Gasteiger partial charge in [-0.1, -0.05) is 18.2 Å². The lowest BCUT2D eigenvalue weighted by Crippen LogP contribution is -2.11. The van der Waals surface area contributed by atoms with Gasteiger partial charge in [-0.15, -0.1) is 0 Å². The van der Waals surface area contributed by atoms with E-state index in [0.717, 1.165) is 11.0 Å². The van der Waals surface area contributed by atoms with Crippen LogP contribution < -0.4 is 11.0 Å². The maximum absolute atomic E-state index is 11.3. The van der Waals surface area contributed by atoms with Crippen molar-refractivity contribution in [1.82, 2.24) is 9.97 Å². The number of nitrogens with zero attached hydrogens (tertiary/aromatic N) is 2. The van der Waals surface area contributed by atoms with Gasteiger partial charge in [0.15, 0.2) is 5.76 Å². The minimum Gasteiger partial charge on any atom is -0.455 e. The zero-order valence-corrected chi connectivity index (χ0v) is 11.7.